The van der Waals surface area contributed by atoms with Crippen molar-refractivity contribution in [2.75, 3.05) is 13.6 Å². The van der Waals surface area contributed by atoms with Crippen molar-refractivity contribution >= 4 is 27.3 Å². The zero-order chi connectivity index (χ0) is 19.3. The van der Waals surface area contributed by atoms with E-state index in [2.05, 4.69) is 5.32 Å². The maximum Gasteiger partial charge on any atom is 0.252 e. The Labute approximate surface area is 163 Å². The molecule has 0 radical (unpaired) electrons. The van der Waals surface area contributed by atoms with E-state index in [0.717, 1.165) is 26.8 Å². The van der Waals surface area contributed by atoms with Crippen molar-refractivity contribution in [1.82, 2.24) is 9.62 Å². The van der Waals surface area contributed by atoms with Crippen LogP contribution in [-0.4, -0.2) is 32.2 Å². The predicted molar refractivity (Wildman–Crippen MR) is 107 cm³/mol. The maximum atomic E-state index is 12.6. The molecule has 27 heavy (non-hydrogen) atoms. The number of hydrogen-bond acceptors (Lipinski definition) is 4. The third-order valence-electron chi connectivity index (χ3n) is 4.10. The first-order valence-electron chi connectivity index (χ1n) is 8.37. The maximum absolute atomic E-state index is 12.6. The van der Waals surface area contributed by atoms with E-state index in [1.807, 2.05) is 60.7 Å². The fourth-order valence-corrected chi connectivity index (χ4v) is 5.04. The quantitative estimate of drug-likeness (QED) is 0.662. The Balaban J connectivity index is 1.77. The van der Waals surface area contributed by atoms with Gasteiger partial charge in [-0.05, 0) is 22.6 Å². The molecule has 1 heterocycles. The molecule has 0 saturated heterocycles. The molecule has 0 bridgehead atoms. The third-order valence-corrected chi connectivity index (χ3v) is 7.27. The van der Waals surface area contributed by atoms with E-state index in [1.165, 1.54) is 13.1 Å². The van der Waals surface area contributed by atoms with Crippen molar-refractivity contribution in [2.45, 2.75) is 10.3 Å². The predicted octanol–water partition coefficient (Wildman–Crippen LogP) is 3.27. The second-order valence-corrected chi connectivity index (χ2v) is 9.23. The van der Waals surface area contributed by atoms with Gasteiger partial charge >= 0.3 is 0 Å². The minimum absolute atomic E-state index is 0.223. The van der Waals surface area contributed by atoms with Gasteiger partial charge in [-0.3, -0.25) is 4.79 Å². The van der Waals surface area contributed by atoms with Crippen molar-refractivity contribution in [3.05, 3.63) is 89.3 Å². The first-order valence-corrected chi connectivity index (χ1v) is 10.7. The largest absolute Gasteiger partial charge is 0.344 e. The topological polar surface area (TPSA) is 66.5 Å². The number of carbonyl (C=O) groups is 1. The summed E-state index contributed by atoms with van der Waals surface area (Å²) in [5, 5.41) is 4.65. The van der Waals surface area contributed by atoms with Gasteiger partial charge in [0.15, 0.2) is 0 Å². The number of likely N-dealkylation sites (N-methyl/N-ethyl adjacent to an activating group) is 1. The minimum Gasteiger partial charge on any atom is -0.344 e. The monoisotopic (exact) mass is 400 g/mol. The first-order chi connectivity index (χ1) is 13.0. The van der Waals surface area contributed by atoms with Crippen molar-refractivity contribution in [1.29, 1.82) is 0 Å². The summed E-state index contributed by atoms with van der Waals surface area (Å²) in [5.41, 5.74) is 1.86. The molecule has 0 aliphatic rings. The lowest BCUT2D eigenvalue weighted by molar-refractivity contribution is -0.121. The molecule has 0 saturated carbocycles. The van der Waals surface area contributed by atoms with E-state index < -0.39 is 10.0 Å². The van der Waals surface area contributed by atoms with Gasteiger partial charge in [0.1, 0.15) is 4.21 Å². The number of amides is 1. The molecule has 0 fully saturated rings. The highest BCUT2D eigenvalue weighted by Crippen LogP contribution is 2.22. The lowest BCUT2D eigenvalue weighted by Crippen LogP contribution is -2.39. The van der Waals surface area contributed by atoms with Crippen LogP contribution in [0.5, 0.6) is 0 Å². The van der Waals surface area contributed by atoms with Gasteiger partial charge < -0.3 is 5.32 Å². The van der Waals surface area contributed by atoms with Crippen LogP contribution in [0.25, 0.3) is 0 Å². The smallest absolute Gasteiger partial charge is 0.252 e. The molecule has 0 spiro atoms. The molecule has 1 amide bonds. The molecule has 5 nitrogen and oxygen atoms in total. The molecule has 3 aromatic rings. The number of benzene rings is 2. The van der Waals surface area contributed by atoms with Crippen LogP contribution in [0.3, 0.4) is 0 Å². The Kier molecular flexibility index (Phi) is 6.05. The average Bonchev–Trinajstić information content (AvgIpc) is 3.23. The van der Waals surface area contributed by atoms with Gasteiger partial charge in [0, 0.05) is 7.05 Å². The normalized spacial score (nSPS) is 11.7. The third kappa shape index (κ3) is 4.63. The molecule has 140 valence electrons. The van der Waals surface area contributed by atoms with Gasteiger partial charge in [-0.15, -0.1) is 11.3 Å². The van der Waals surface area contributed by atoms with Crippen molar-refractivity contribution in [2.24, 2.45) is 0 Å². The second-order valence-electron chi connectivity index (χ2n) is 6.02. The number of sulfonamides is 1. The molecule has 0 aliphatic heterocycles. The van der Waals surface area contributed by atoms with Gasteiger partial charge in [0.25, 0.3) is 10.0 Å². The van der Waals surface area contributed by atoms with Crippen LogP contribution < -0.4 is 5.32 Å². The van der Waals surface area contributed by atoms with Crippen molar-refractivity contribution in [3.8, 4) is 0 Å². The van der Waals surface area contributed by atoms with Crippen LogP contribution in [0, 0.1) is 0 Å². The Bertz CT molecular complexity index is 933. The molecule has 3 rings (SSSR count). The van der Waals surface area contributed by atoms with Crippen LogP contribution in [-0.2, 0) is 14.8 Å². The summed E-state index contributed by atoms with van der Waals surface area (Å²) in [5.74, 6) is -0.365. The summed E-state index contributed by atoms with van der Waals surface area (Å²) in [6, 6.07) is 22.0. The van der Waals surface area contributed by atoms with E-state index in [0.29, 0.717) is 0 Å². The number of thiophene rings is 1. The van der Waals surface area contributed by atoms with Crippen LogP contribution in [0.2, 0.25) is 0 Å². The van der Waals surface area contributed by atoms with Gasteiger partial charge in [0.05, 0.1) is 12.6 Å². The number of rotatable bonds is 7. The zero-order valence-electron chi connectivity index (χ0n) is 14.8. The van der Waals surface area contributed by atoms with Crippen molar-refractivity contribution in [3.63, 3.8) is 0 Å². The molecule has 0 unspecified atom stereocenters. The standard InChI is InChI=1S/C20H20N2O3S2/c1-22(27(24,25)19-13-8-14-26-19)15-18(23)21-20(16-9-4-2-5-10-16)17-11-6-3-7-12-17/h2-14,20H,15H2,1H3,(H,21,23). The summed E-state index contributed by atoms with van der Waals surface area (Å²) in [4.78, 5) is 12.6. The number of nitrogens with zero attached hydrogens (tertiary/aromatic N) is 1. The molecule has 1 N–H and O–H groups in total. The fourth-order valence-electron chi connectivity index (χ4n) is 2.71. The van der Waals surface area contributed by atoms with E-state index in [9.17, 15) is 13.2 Å². The van der Waals surface area contributed by atoms with E-state index >= 15 is 0 Å². The van der Waals surface area contributed by atoms with Crippen LogP contribution in [0.15, 0.2) is 82.4 Å². The summed E-state index contributed by atoms with van der Waals surface area (Å²) >= 11 is 1.13. The Morgan fingerprint density at radius 2 is 1.52 bits per heavy atom. The van der Waals surface area contributed by atoms with Crippen LogP contribution >= 0.6 is 11.3 Å². The molecule has 0 atom stereocenters. The number of carbonyl (C=O) groups excluding carboxylic acids is 1. The molecule has 2 aromatic carbocycles. The first kappa shape index (κ1) is 19.3. The number of nitrogens with one attached hydrogen (secondary N) is 1. The summed E-state index contributed by atoms with van der Waals surface area (Å²) in [6.07, 6.45) is 0. The average molecular weight is 401 g/mol. The van der Waals surface area contributed by atoms with Gasteiger partial charge in [-0.2, -0.15) is 4.31 Å². The number of hydrogen-bond donors (Lipinski definition) is 1. The van der Waals surface area contributed by atoms with Crippen LogP contribution in [0.4, 0.5) is 0 Å². The lowest BCUT2D eigenvalue weighted by Gasteiger charge is -2.22. The summed E-state index contributed by atoms with van der Waals surface area (Å²) < 4.78 is 26.3. The summed E-state index contributed by atoms with van der Waals surface area (Å²) in [7, 11) is -2.25. The zero-order valence-corrected chi connectivity index (χ0v) is 16.4. The summed E-state index contributed by atoms with van der Waals surface area (Å²) in [6.45, 7) is -0.254. The van der Waals surface area contributed by atoms with Gasteiger partial charge in [0.2, 0.25) is 5.91 Å². The molecule has 1 aromatic heterocycles. The highest BCUT2D eigenvalue weighted by atomic mass is 32.2. The van der Waals surface area contributed by atoms with Gasteiger partial charge in [-0.25, -0.2) is 8.42 Å². The SMILES string of the molecule is CN(CC(=O)NC(c1ccccc1)c1ccccc1)S(=O)(=O)c1cccs1. The van der Waals surface area contributed by atoms with E-state index in [1.54, 1.807) is 11.4 Å². The van der Waals surface area contributed by atoms with Crippen molar-refractivity contribution < 1.29 is 13.2 Å². The molecular formula is C20H20N2O3S2. The molecule has 0 aliphatic carbocycles. The van der Waals surface area contributed by atoms with Crippen LogP contribution in [0.1, 0.15) is 17.2 Å². The van der Waals surface area contributed by atoms with E-state index in [4.69, 9.17) is 0 Å². The van der Waals surface area contributed by atoms with Gasteiger partial charge in [-0.1, -0.05) is 66.7 Å². The lowest BCUT2D eigenvalue weighted by atomic mass is 9.99. The second kappa shape index (κ2) is 8.47. The fraction of sp³-hybridized carbons (Fsp3) is 0.150. The highest BCUT2D eigenvalue weighted by Gasteiger charge is 2.25. The Hall–Kier alpha value is -2.48. The minimum atomic E-state index is -3.66. The van der Waals surface area contributed by atoms with E-state index in [-0.39, 0.29) is 22.7 Å². The highest BCUT2D eigenvalue weighted by molar-refractivity contribution is 7.91. The molecule has 7 heteroatoms. The Morgan fingerprint density at radius 1 is 0.963 bits per heavy atom. The Morgan fingerprint density at radius 3 is 2.00 bits per heavy atom. The molecular weight excluding hydrogens is 380 g/mol.